The number of para-hydroxylation sites is 1. The molecule has 2 aromatic carbocycles. The van der Waals surface area contributed by atoms with E-state index < -0.39 is 11.8 Å². The normalized spacial score (nSPS) is 10.4. The summed E-state index contributed by atoms with van der Waals surface area (Å²) in [5, 5.41) is 3.72. The Morgan fingerprint density at radius 2 is 1.72 bits per heavy atom. The minimum atomic E-state index is -0.530. The topological polar surface area (TPSA) is 96.5 Å². The molecule has 7 nitrogen and oxygen atoms in total. The molecule has 0 fully saturated rings. The van der Waals surface area contributed by atoms with Crippen LogP contribution in [0.15, 0.2) is 48.5 Å². The van der Waals surface area contributed by atoms with Crippen molar-refractivity contribution in [1.82, 2.24) is 10.9 Å². The number of methoxy groups -OCH3 is 1. The minimum absolute atomic E-state index is 0.0139. The van der Waals surface area contributed by atoms with E-state index in [0.717, 1.165) is 10.1 Å². The largest absolute Gasteiger partial charge is 0.497 e. The predicted molar refractivity (Wildman–Crippen MR) is 113 cm³/mol. The van der Waals surface area contributed by atoms with Crippen LogP contribution in [-0.2, 0) is 9.59 Å². The highest BCUT2D eigenvalue weighted by Gasteiger charge is 2.18. The van der Waals surface area contributed by atoms with Crippen molar-refractivity contribution >= 4 is 56.4 Å². The minimum Gasteiger partial charge on any atom is -0.497 e. The van der Waals surface area contributed by atoms with Gasteiger partial charge in [-0.15, -0.1) is 11.3 Å². The van der Waals surface area contributed by atoms with Gasteiger partial charge in [-0.3, -0.25) is 25.2 Å². The van der Waals surface area contributed by atoms with E-state index in [0.29, 0.717) is 16.5 Å². The van der Waals surface area contributed by atoms with E-state index in [2.05, 4.69) is 16.2 Å². The lowest BCUT2D eigenvalue weighted by Gasteiger charge is -2.07. The first-order chi connectivity index (χ1) is 14.0. The van der Waals surface area contributed by atoms with Crippen LogP contribution in [0.5, 0.6) is 5.75 Å². The third-order valence-corrected chi connectivity index (χ3v) is 5.65. The van der Waals surface area contributed by atoms with E-state index in [1.165, 1.54) is 11.3 Å². The highest BCUT2D eigenvalue weighted by Crippen LogP contribution is 2.37. The molecule has 0 aliphatic carbocycles. The highest BCUT2D eigenvalue weighted by molar-refractivity contribution is 7.21. The third-order valence-electron chi connectivity index (χ3n) is 3.99. The molecule has 1 aromatic heterocycles. The number of fused-ring (bicyclic) bond motifs is 1. The van der Waals surface area contributed by atoms with Crippen molar-refractivity contribution in [3.05, 3.63) is 58.4 Å². The monoisotopic (exact) mass is 431 g/mol. The summed E-state index contributed by atoms with van der Waals surface area (Å²) in [6, 6.07) is 14.3. The molecule has 0 saturated heterocycles. The summed E-state index contributed by atoms with van der Waals surface area (Å²) < 4.78 is 5.96. The maximum Gasteiger partial charge on any atom is 0.281 e. The van der Waals surface area contributed by atoms with Crippen molar-refractivity contribution in [2.45, 2.75) is 12.8 Å². The first kappa shape index (κ1) is 20.6. The molecule has 3 N–H and O–H groups in total. The van der Waals surface area contributed by atoms with Crippen molar-refractivity contribution in [2.24, 2.45) is 0 Å². The zero-order valence-corrected chi connectivity index (χ0v) is 17.0. The van der Waals surface area contributed by atoms with Gasteiger partial charge in [0.1, 0.15) is 10.6 Å². The standard InChI is InChI=1S/C20H18ClN3O4S/c1-28-13-7-8-14-15(11-13)29-19(18(14)21)20(27)24-23-17(26)10-9-16(25)22-12-5-3-2-4-6-12/h2-8,11H,9-10H2,1H3,(H,22,25)(H,23,26)(H,24,27). The number of ether oxygens (including phenoxy) is 1. The Hall–Kier alpha value is -3.10. The zero-order chi connectivity index (χ0) is 20.8. The lowest BCUT2D eigenvalue weighted by Crippen LogP contribution is -2.41. The number of hydrogen-bond acceptors (Lipinski definition) is 5. The molecular formula is C20H18ClN3O4S. The van der Waals surface area contributed by atoms with Gasteiger partial charge in [-0.05, 0) is 30.3 Å². The molecule has 29 heavy (non-hydrogen) atoms. The summed E-state index contributed by atoms with van der Waals surface area (Å²) in [5.41, 5.74) is 5.28. The van der Waals surface area contributed by atoms with Crippen LogP contribution in [0.4, 0.5) is 5.69 Å². The van der Waals surface area contributed by atoms with Gasteiger partial charge in [-0.2, -0.15) is 0 Å². The molecule has 0 aliphatic heterocycles. The molecule has 0 saturated carbocycles. The Balaban J connectivity index is 1.51. The number of carbonyl (C=O) groups excluding carboxylic acids is 3. The van der Waals surface area contributed by atoms with Crippen LogP contribution in [-0.4, -0.2) is 24.8 Å². The maximum atomic E-state index is 12.4. The van der Waals surface area contributed by atoms with Gasteiger partial charge in [0.05, 0.1) is 12.1 Å². The fourth-order valence-electron chi connectivity index (χ4n) is 2.54. The summed E-state index contributed by atoms with van der Waals surface area (Å²) in [4.78, 5) is 36.4. The van der Waals surface area contributed by atoms with E-state index in [4.69, 9.17) is 16.3 Å². The number of thiophene rings is 1. The molecule has 1 heterocycles. The summed E-state index contributed by atoms with van der Waals surface area (Å²) >= 11 is 7.48. The number of nitrogens with one attached hydrogen (secondary N) is 3. The second kappa shape index (κ2) is 9.40. The molecule has 3 rings (SSSR count). The molecule has 150 valence electrons. The smallest absolute Gasteiger partial charge is 0.281 e. The van der Waals surface area contributed by atoms with Gasteiger partial charge in [0.15, 0.2) is 0 Å². The lowest BCUT2D eigenvalue weighted by atomic mass is 10.2. The molecule has 3 amide bonds. The van der Waals surface area contributed by atoms with E-state index in [9.17, 15) is 14.4 Å². The van der Waals surface area contributed by atoms with Crippen LogP contribution in [0.25, 0.3) is 10.1 Å². The van der Waals surface area contributed by atoms with Crippen molar-refractivity contribution < 1.29 is 19.1 Å². The van der Waals surface area contributed by atoms with Gasteiger partial charge >= 0.3 is 0 Å². The average molecular weight is 432 g/mol. The number of carbonyl (C=O) groups is 3. The number of benzene rings is 2. The summed E-state index contributed by atoms with van der Waals surface area (Å²) in [6.07, 6.45) is -0.0870. The molecule has 0 radical (unpaired) electrons. The lowest BCUT2D eigenvalue weighted by molar-refractivity contribution is -0.124. The Labute approximate surface area is 176 Å². The molecule has 0 unspecified atom stereocenters. The number of amides is 3. The van der Waals surface area contributed by atoms with E-state index in [1.54, 1.807) is 49.6 Å². The van der Waals surface area contributed by atoms with E-state index >= 15 is 0 Å². The van der Waals surface area contributed by atoms with Gasteiger partial charge in [0, 0.05) is 28.6 Å². The molecule has 9 heteroatoms. The molecule has 0 bridgehead atoms. The summed E-state index contributed by atoms with van der Waals surface area (Å²) in [6.45, 7) is 0. The fraction of sp³-hybridized carbons (Fsp3) is 0.150. The second-order valence-corrected chi connectivity index (χ2v) is 7.45. The summed E-state index contributed by atoms with van der Waals surface area (Å²) in [7, 11) is 1.56. The summed E-state index contributed by atoms with van der Waals surface area (Å²) in [5.74, 6) is -0.652. The number of hydrazine groups is 1. The van der Waals surface area contributed by atoms with Crippen molar-refractivity contribution in [3.8, 4) is 5.75 Å². The number of hydrogen-bond donors (Lipinski definition) is 3. The van der Waals surface area contributed by atoms with Crippen molar-refractivity contribution in [3.63, 3.8) is 0 Å². The Morgan fingerprint density at radius 3 is 2.45 bits per heavy atom. The Bertz CT molecular complexity index is 1050. The van der Waals surface area contributed by atoms with Crippen molar-refractivity contribution in [2.75, 3.05) is 12.4 Å². The first-order valence-electron chi connectivity index (χ1n) is 8.68. The van der Waals surface area contributed by atoms with Gasteiger partial charge < -0.3 is 10.1 Å². The van der Waals surface area contributed by atoms with Crippen LogP contribution in [0.1, 0.15) is 22.5 Å². The second-order valence-electron chi connectivity index (χ2n) is 6.02. The number of anilines is 1. The zero-order valence-electron chi connectivity index (χ0n) is 15.5. The van der Waals surface area contributed by atoms with Crippen LogP contribution in [0, 0.1) is 0 Å². The maximum absolute atomic E-state index is 12.4. The van der Waals surface area contributed by atoms with Gasteiger partial charge in [-0.1, -0.05) is 29.8 Å². The first-order valence-corrected chi connectivity index (χ1v) is 9.87. The molecular weight excluding hydrogens is 414 g/mol. The number of rotatable bonds is 6. The van der Waals surface area contributed by atoms with Crippen LogP contribution < -0.4 is 20.9 Å². The van der Waals surface area contributed by atoms with Gasteiger partial charge in [0.25, 0.3) is 5.91 Å². The van der Waals surface area contributed by atoms with E-state index in [-0.39, 0.29) is 23.6 Å². The quantitative estimate of drug-likeness (QED) is 0.518. The Kier molecular flexibility index (Phi) is 6.69. The number of halogens is 1. The molecule has 0 spiro atoms. The van der Waals surface area contributed by atoms with Crippen LogP contribution in [0.3, 0.4) is 0 Å². The predicted octanol–water partition coefficient (Wildman–Crippen LogP) is 3.74. The fourth-order valence-corrected chi connectivity index (χ4v) is 3.98. The van der Waals surface area contributed by atoms with Gasteiger partial charge in [0.2, 0.25) is 11.8 Å². The third kappa shape index (κ3) is 5.24. The van der Waals surface area contributed by atoms with Crippen molar-refractivity contribution in [1.29, 1.82) is 0 Å². The Morgan fingerprint density at radius 1 is 1.00 bits per heavy atom. The molecule has 0 aliphatic rings. The average Bonchev–Trinajstić information content (AvgIpc) is 3.07. The highest BCUT2D eigenvalue weighted by atomic mass is 35.5. The van der Waals surface area contributed by atoms with Gasteiger partial charge in [-0.25, -0.2) is 0 Å². The van der Waals surface area contributed by atoms with Crippen LogP contribution in [0.2, 0.25) is 5.02 Å². The molecule has 0 atom stereocenters. The molecule has 3 aromatic rings. The SMILES string of the molecule is COc1ccc2c(Cl)c(C(=O)NNC(=O)CCC(=O)Nc3ccccc3)sc2c1. The van der Waals surface area contributed by atoms with Crippen LogP contribution >= 0.6 is 22.9 Å². The van der Waals surface area contributed by atoms with E-state index in [1.807, 2.05) is 6.07 Å².